The second-order valence-corrected chi connectivity index (χ2v) is 4.01. The number of ether oxygens (including phenoxy) is 1. The highest BCUT2D eigenvalue weighted by molar-refractivity contribution is 5.97. The van der Waals surface area contributed by atoms with Gasteiger partial charge in [0.05, 0.1) is 12.2 Å². The number of hydrogen-bond acceptors (Lipinski definition) is 4. The molecule has 0 spiro atoms. The van der Waals surface area contributed by atoms with Crippen LogP contribution >= 0.6 is 0 Å². The van der Waals surface area contributed by atoms with Gasteiger partial charge in [0.15, 0.2) is 6.29 Å². The van der Waals surface area contributed by atoms with E-state index in [1.54, 1.807) is 12.1 Å². The number of rotatable bonds is 1. The van der Waals surface area contributed by atoms with Crippen LogP contribution in [0.4, 0.5) is 0 Å². The molecule has 0 radical (unpaired) electrons. The summed E-state index contributed by atoms with van der Waals surface area (Å²) in [6.45, 7) is 0.660. The van der Waals surface area contributed by atoms with Crippen molar-refractivity contribution in [2.24, 2.45) is 0 Å². The zero-order chi connectivity index (χ0) is 11.8. The summed E-state index contributed by atoms with van der Waals surface area (Å²) in [5.74, 6) is 0.722. The minimum Gasteiger partial charge on any atom is -0.493 e. The molecule has 4 nitrogen and oxygen atoms in total. The van der Waals surface area contributed by atoms with E-state index in [1.807, 2.05) is 0 Å². The highest BCUT2D eigenvalue weighted by Crippen LogP contribution is 2.33. The van der Waals surface area contributed by atoms with Gasteiger partial charge in [-0.2, -0.15) is 0 Å². The quantitative estimate of drug-likeness (QED) is 0.554. The summed E-state index contributed by atoms with van der Waals surface area (Å²) in [6, 6.07) is 4.71. The van der Waals surface area contributed by atoms with Crippen LogP contribution in [0.3, 0.4) is 0 Å². The van der Waals surface area contributed by atoms with E-state index in [9.17, 15) is 9.59 Å². The molecule has 1 aliphatic rings. The SMILES string of the molecule is O=Cc1cc2c(c3ccc(=O)oc13)CCCO2. The molecule has 1 aromatic carbocycles. The maximum Gasteiger partial charge on any atom is 0.336 e. The Morgan fingerprint density at radius 1 is 1.29 bits per heavy atom. The van der Waals surface area contributed by atoms with Gasteiger partial charge in [0, 0.05) is 17.0 Å². The molecule has 0 atom stereocenters. The van der Waals surface area contributed by atoms with Crippen molar-refractivity contribution in [3.05, 3.63) is 39.7 Å². The molecule has 86 valence electrons. The molecule has 0 saturated heterocycles. The molecular formula is C13H10O4. The van der Waals surface area contributed by atoms with Crippen LogP contribution in [0.2, 0.25) is 0 Å². The molecule has 1 aromatic heterocycles. The van der Waals surface area contributed by atoms with Crippen LogP contribution in [0.25, 0.3) is 11.0 Å². The Bertz CT molecular complexity index is 654. The van der Waals surface area contributed by atoms with Crippen molar-refractivity contribution in [3.8, 4) is 5.75 Å². The molecule has 1 aliphatic heterocycles. The maximum absolute atomic E-state index is 11.2. The average Bonchev–Trinajstić information content (AvgIpc) is 2.37. The normalized spacial score (nSPS) is 14.1. The van der Waals surface area contributed by atoms with E-state index >= 15 is 0 Å². The Morgan fingerprint density at radius 3 is 3.00 bits per heavy atom. The third kappa shape index (κ3) is 1.53. The molecule has 0 saturated carbocycles. The molecule has 0 fully saturated rings. The third-order valence-corrected chi connectivity index (χ3v) is 2.96. The Balaban J connectivity index is 2.44. The van der Waals surface area contributed by atoms with Gasteiger partial charge in [-0.05, 0) is 25.0 Å². The van der Waals surface area contributed by atoms with Gasteiger partial charge in [-0.3, -0.25) is 4.79 Å². The summed E-state index contributed by atoms with van der Waals surface area (Å²) in [7, 11) is 0. The summed E-state index contributed by atoms with van der Waals surface area (Å²) in [5.41, 5.74) is 1.29. The standard InChI is InChI=1S/C13H10O4/c14-7-8-6-11-9(2-1-5-16-11)10-3-4-12(15)17-13(8)10/h3-4,6-7H,1-2,5H2. The highest BCUT2D eigenvalue weighted by atomic mass is 16.5. The van der Waals surface area contributed by atoms with Crippen molar-refractivity contribution < 1.29 is 13.9 Å². The van der Waals surface area contributed by atoms with E-state index in [0.717, 1.165) is 29.5 Å². The van der Waals surface area contributed by atoms with Crippen LogP contribution < -0.4 is 10.4 Å². The van der Waals surface area contributed by atoms with Crippen molar-refractivity contribution in [1.82, 2.24) is 0 Å². The maximum atomic E-state index is 11.2. The summed E-state index contributed by atoms with van der Waals surface area (Å²) in [6.07, 6.45) is 2.49. The van der Waals surface area contributed by atoms with E-state index in [-0.39, 0.29) is 0 Å². The first-order valence-electron chi connectivity index (χ1n) is 5.47. The molecular weight excluding hydrogens is 220 g/mol. The van der Waals surface area contributed by atoms with Crippen molar-refractivity contribution >= 4 is 17.3 Å². The molecule has 0 aliphatic carbocycles. The lowest BCUT2D eigenvalue weighted by atomic mass is 9.99. The number of aldehydes is 1. The van der Waals surface area contributed by atoms with Gasteiger partial charge < -0.3 is 9.15 Å². The Hall–Kier alpha value is -2.10. The lowest BCUT2D eigenvalue weighted by Crippen LogP contribution is -2.10. The summed E-state index contributed by atoms with van der Waals surface area (Å²) in [4.78, 5) is 22.2. The molecule has 0 unspecified atom stereocenters. The smallest absolute Gasteiger partial charge is 0.336 e. The topological polar surface area (TPSA) is 56.5 Å². The van der Waals surface area contributed by atoms with Crippen LogP contribution in [0.5, 0.6) is 5.75 Å². The monoisotopic (exact) mass is 230 g/mol. The van der Waals surface area contributed by atoms with Gasteiger partial charge in [0.25, 0.3) is 0 Å². The highest BCUT2D eigenvalue weighted by Gasteiger charge is 2.17. The van der Waals surface area contributed by atoms with E-state index in [4.69, 9.17) is 9.15 Å². The van der Waals surface area contributed by atoms with Crippen LogP contribution in [0.15, 0.2) is 27.4 Å². The van der Waals surface area contributed by atoms with Crippen molar-refractivity contribution in [1.29, 1.82) is 0 Å². The largest absolute Gasteiger partial charge is 0.493 e. The fourth-order valence-corrected chi connectivity index (χ4v) is 2.20. The lowest BCUT2D eigenvalue weighted by Gasteiger charge is -2.19. The van der Waals surface area contributed by atoms with Gasteiger partial charge in [-0.25, -0.2) is 4.79 Å². The number of carbonyl (C=O) groups is 1. The molecule has 2 aromatic rings. The van der Waals surface area contributed by atoms with Crippen LogP contribution in [0, 0.1) is 0 Å². The van der Waals surface area contributed by atoms with Gasteiger partial charge >= 0.3 is 5.63 Å². The molecule has 0 N–H and O–H groups in total. The number of aryl methyl sites for hydroxylation is 1. The first-order chi connectivity index (χ1) is 8.29. The number of hydrogen-bond donors (Lipinski definition) is 0. The summed E-state index contributed by atoms with van der Waals surface area (Å²) < 4.78 is 10.6. The predicted octanol–water partition coefficient (Wildman–Crippen LogP) is 1.93. The molecule has 2 heterocycles. The van der Waals surface area contributed by atoms with Crippen LogP contribution in [-0.2, 0) is 6.42 Å². The third-order valence-electron chi connectivity index (χ3n) is 2.96. The Labute approximate surface area is 96.8 Å². The van der Waals surface area contributed by atoms with Gasteiger partial charge in [0.2, 0.25) is 0 Å². The van der Waals surface area contributed by atoms with Gasteiger partial charge in [-0.1, -0.05) is 0 Å². The second kappa shape index (κ2) is 3.73. The van der Waals surface area contributed by atoms with E-state index in [0.29, 0.717) is 24.0 Å². The molecule has 0 amide bonds. The van der Waals surface area contributed by atoms with E-state index < -0.39 is 5.63 Å². The van der Waals surface area contributed by atoms with Crippen LogP contribution in [-0.4, -0.2) is 12.9 Å². The van der Waals surface area contributed by atoms with Crippen molar-refractivity contribution in [3.63, 3.8) is 0 Å². The zero-order valence-electron chi connectivity index (χ0n) is 9.06. The number of carbonyl (C=O) groups excluding carboxylic acids is 1. The molecule has 4 heteroatoms. The van der Waals surface area contributed by atoms with E-state index in [2.05, 4.69) is 0 Å². The fourth-order valence-electron chi connectivity index (χ4n) is 2.20. The van der Waals surface area contributed by atoms with Crippen molar-refractivity contribution in [2.75, 3.05) is 6.61 Å². The predicted molar refractivity (Wildman–Crippen MR) is 61.7 cm³/mol. The zero-order valence-corrected chi connectivity index (χ0v) is 9.06. The van der Waals surface area contributed by atoms with Gasteiger partial charge in [-0.15, -0.1) is 0 Å². The summed E-state index contributed by atoms with van der Waals surface area (Å²) in [5, 5.41) is 0.795. The molecule has 3 rings (SSSR count). The Morgan fingerprint density at radius 2 is 2.18 bits per heavy atom. The fraction of sp³-hybridized carbons (Fsp3) is 0.231. The molecule has 0 bridgehead atoms. The second-order valence-electron chi connectivity index (χ2n) is 4.01. The Kier molecular flexibility index (Phi) is 2.21. The molecule has 17 heavy (non-hydrogen) atoms. The van der Waals surface area contributed by atoms with E-state index in [1.165, 1.54) is 6.07 Å². The van der Waals surface area contributed by atoms with Crippen LogP contribution in [0.1, 0.15) is 22.3 Å². The average molecular weight is 230 g/mol. The van der Waals surface area contributed by atoms with Gasteiger partial charge in [0.1, 0.15) is 11.3 Å². The number of fused-ring (bicyclic) bond motifs is 3. The minimum absolute atomic E-state index is 0.358. The summed E-state index contributed by atoms with van der Waals surface area (Å²) >= 11 is 0. The number of benzene rings is 1. The minimum atomic E-state index is -0.447. The first kappa shape index (κ1) is 10.1. The van der Waals surface area contributed by atoms with Crippen molar-refractivity contribution in [2.45, 2.75) is 12.8 Å². The lowest BCUT2D eigenvalue weighted by molar-refractivity contribution is 0.112. The first-order valence-corrected chi connectivity index (χ1v) is 5.47.